The lowest BCUT2D eigenvalue weighted by molar-refractivity contribution is 0.268. The Balaban J connectivity index is 2.56. The molecule has 2 nitrogen and oxygen atoms in total. The lowest BCUT2D eigenvalue weighted by Gasteiger charge is -2.24. The standard InChI is InChI=1S/C9H9Br2NO/c10-5-3-6(11)9-7(12)1-2-13-8(9)4-5/h3-4,7H,1-2,12H2. The summed E-state index contributed by atoms with van der Waals surface area (Å²) in [5.74, 6) is 0.889. The van der Waals surface area contributed by atoms with Crippen molar-refractivity contribution in [3.05, 3.63) is 26.6 Å². The van der Waals surface area contributed by atoms with Crippen LogP contribution in [0.15, 0.2) is 21.1 Å². The molecule has 1 unspecified atom stereocenters. The quantitative estimate of drug-likeness (QED) is 0.800. The molecule has 1 aliphatic rings. The Hall–Kier alpha value is -0.0600. The second-order valence-corrected chi connectivity index (χ2v) is 4.81. The molecule has 2 rings (SSSR count). The van der Waals surface area contributed by atoms with E-state index >= 15 is 0 Å². The minimum absolute atomic E-state index is 0.0891. The van der Waals surface area contributed by atoms with Crippen molar-refractivity contribution in [2.45, 2.75) is 12.5 Å². The van der Waals surface area contributed by atoms with E-state index < -0.39 is 0 Å². The van der Waals surface area contributed by atoms with Gasteiger partial charge in [-0.15, -0.1) is 0 Å². The minimum Gasteiger partial charge on any atom is -0.493 e. The first-order valence-electron chi connectivity index (χ1n) is 4.06. The molecule has 0 spiro atoms. The monoisotopic (exact) mass is 305 g/mol. The van der Waals surface area contributed by atoms with E-state index in [2.05, 4.69) is 31.9 Å². The van der Waals surface area contributed by atoms with Crippen molar-refractivity contribution < 1.29 is 4.74 Å². The van der Waals surface area contributed by atoms with E-state index in [0.29, 0.717) is 6.61 Å². The molecule has 1 aliphatic heterocycles. The number of hydrogen-bond acceptors (Lipinski definition) is 2. The number of rotatable bonds is 0. The van der Waals surface area contributed by atoms with Crippen LogP contribution in [0.5, 0.6) is 5.75 Å². The molecule has 0 radical (unpaired) electrons. The first kappa shape index (κ1) is 9.49. The maximum Gasteiger partial charge on any atom is 0.126 e. The Morgan fingerprint density at radius 1 is 1.38 bits per heavy atom. The van der Waals surface area contributed by atoms with Gasteiger partial charge >= 0.3 is 0 Å². The molecule has 1 aromatic rings. The first-order chi connectivity index (χ1) is 6.18. The summed E-state index contributed by atoms with van der Waals surface area (Å²) in [7, 11) is 0. The normalized spacial score (nSPS) is 20.7. The van der Waals surface area contributed by atoms with E-state index in [0.717, 1.165) is 26.7 Å². The van der Waals surface area contributed by atoms with Crippen molar-refractivity contribution >= 4 is 31.9 Å². The summed E-state index contributed by atoms with van der Waals surface area (Å²) in [4.78, 5) is 0. The zero-order valence-corrected chi connectivity index (χ0v) is 10.1. The predicted molar refractivity (Wildman–Crippen MR) is 58.9 cm³/mol. The molecule has 0 aliphatic carbocycles. The van der Waals surface area contributed by atoms with Crippen LogP contribution in [0, 0.1) is 0 Å². The molecule has 0 fully saturated rings. The van der Waals surface area contributed by atoms with Gasteiger partial charge in [0.25, 0.3) is 0 Å². The average Bonchev–Trinajstić information content (AvgIpc) is 2.02. The molecule has 0 bridgehead atoms. The summed E-state index contributed by atoms with van der Waals surface area (Å²) in [5, 5.41) is 0. The Kier molecular flexibility index (Phi) is 2.62. The molecule has 4 heteroatoms. The zero-order chi connectivity index (χ0) is 9.42. The van der Waals surface area contributed by atoms with E-state index in [1.54, 1.807) is 0 Å². The van der Waals surface area contributed by atoms with Gasteiger partial charge in [0.15, 0.2) is 0 Å². The van der Waals surface area contributed by atoms with Crippen LogP contribution in [-0.4, -0.2) is 6.61 Å². The molecule has 1 atom stereocenters. The fraction of sp³-hybridized carbons (Fsp3) is 0.333. The highest BCUT2D eigenvalue weighted by Gasteiger charge is 2.21. The summed E-state index contributed by atoms with van der Waals surface area (Å²) in [6.45, 7) is 0.705. The number of halogens is 2. The summed E-state index contributed by atoms with van der Waals surface area (Å²) < 4.78 is 7.54. The molecule has 0 saturated carbocycles. The molecule has 70 valence electrons. The van der Waals surface area contributed by atoms with Crippen molar-refractivity contribution in [3.63, 3.8) is 0 Å². The van der Waals surface area contributed by atoms with E-state index in [1.165, 1.54) is 0 Å². The van der Waals surface area contributed by atoms with Crippen LogP contribution < -0.4 is 10.5 Å². The number of hydrogen-bond donors (Lipinski definition) is 1. The van der Waals surface area contributed by atoms with E-state index in [4.69, 9.17) is 10.5 Å². The van der Waals surface area contributed by atoms with Gasteiger partial charge in [-0.05, 0) is 12.1 Å². The molecule has 2 N–H and O–H groups in total. The molecule has 1 heterocycles. The summed E-state index contributed by atoms with van der Waals surface area (Å²) in [5.41, 5.74) is 7.05. The first-order valence-corrected chi connectivity index (χ1v) is 5.64. The minimum atomic E-state index is 0.0891. The maximum atomic E-state index is 5.97. The molecule has 0 saturated heterocycles. The van der Waals surface area contributed by atoms with Gasteiger partial charge in [-0.25, -0.2) is 0 Å². The molecule has 13 heavy (non-hydrogen) atoms. The van der Waals surface area contributed by atoms with Crippen LogP contribution in [0.4, 0.5) is 0 Å². The third kappa shape index (κ3) is 1.75. The van der Waals surface area contributed by atoms with Gasteiger partial charge in [-0.1, -0.05) is 31.9 Å². The van der Waals surface area contributed by atoms with Gasteiger partial charge in [0, 0.05) is 27.0 Å². The Bertz CT molecular complexity index is 341. The number of ether oxygens (including phenoxy) is 1. The molecular formula is C9H9Br2NO. The van der Waals surface area contributed by atoms with Gasteiger partial charge in [0.1, 0.15) is 5.75 Å². The summed E-state index contributed by atoms with van der Waals surface area (Å²) in [6, 6.07) is 4.04. The van der Waals surface area contributed by atoms with Crippen molar-refractivity contribution in [1.82, 2.24) is 0 Å². The van der Waals surface area contributed by atoms with Crippen molar-refractivity contribution in [1.29, 1.82) is 0 Å². The van der Waals surface area contributed by atoms with Gasteiger partial charge in [-0.2, -0.15) is 0 Å². The fourth-order valence-corrected chi connectivity index (χ4v) is 2.96. The van der Waals surface area contributed by atoms with Crippen LogP contribution in [0.25, 0.3) is 0 Å². The van der Waals surface area contributed by atoms with Crippen molar-refractivity contribution in [2.75, 3.05) is 6.61 Å². The largest absolute Gasteiger partial charge is 0.493 e. The van der Waals surface area contributed by atoms with Crippen LogP contribution >= 0.6 is 31.9 Å². The highest BCUT2D eigenvalue weighted by molar-refractivity contribution is 9.11. The average molecular weight is 307 g/mol. The van der Waals surface area contributed by atoms with Crippen LogP contribution in [-0.2, 0) is 0 Å². The van der Waals surface area contributed by atoms with Crippen LogP contribution in [0.1, 0.15) is 18.0 Å². The lowest BCUT2D eigenvalue weighted by atomic mass is 10.0. The van der Waals surface area contributed by atoms with Crippen molar-refractivity contribution in [3.8, 4) is 5.75 Å². The number of benzene rings is 1. The number of nitrogens with two attached hydrogens (primary N) is 1. The van der Waals surface area contributed by atoms with Crippen molar-refractivity contribution in [2.24, 2.45) is 5.73 Å². The lowest BCUT2D eigenvalue weighted by Crippen LogP contribution is -2.21. The van der Waals surface area contributed by atoms with Gasteiger partial charge in [-0.3, -0.25) is 0 Å². The van der Waals surface area contributed by atoms with E-state index in [-0.39, 0.29) is 6.04 Å². The van der Waals surface area contributed by atoms with Crippen LogP contribution in [0.3, 0.4) is 0 Å². The maximum absolute atomic E-state index is 5.97. The fourth-order valence-electron chi connectivity index (χ4n) is 1.48. The van der Waals surface area contributed by atoms with Gasteiger partial charge in [0.2, 0.25) is 0 Å². The SMILES string of the molecule is NC1CCOc2cc(Br)cc(Br)c21. The second-order valence-electron chi connectivity index (χ2n) is 3.04. The van der Waals surface area contributed by atoms with Gasteiger partial charge in [0.05, 0.1) is 6.61 Å². The third-order valence-electron chi connectivity index (χ3n) is 2.11. The van der Waals surface area contributed by atoms with E-state index in [9.17, 15) is 0 Å². The Labute approximate surface area is 93.7 Å². The van der Waals surface area contributed by atoms with Gasteiger partial charge < -0.3 is 10.5 Å². The van der Waals surface area contributed by atoms with E-state index in [1.807, 2.05) is 12.1 Å². The third-order valence-corrected chi connectivity index (χ3v) is 3.23. The zero-order valence-electron chi connectivity index (χ0n) is 6.89. The van der Waals surface area contributed by atoms with Crippen LogP contribution in [0.2, 0.25) is 0 Å². The number of fused-ring (bicyclic) bond motifs is 1. The summed E-state index contributed by atoms with van der Waals surface area (Å²) >= 11 is 6.89. The molecule has 0 amide bonds. The highest BCUT2D eigenvalue weighted by atomic mass is 79.9. The molecule has 1 aromatic carbocycles. The topological polar surface area (TPSA) is 35.2 Å². The Morgan fingerprint density at radius 3 is 2.92 bits per heavy atom. The smallest absolute Gasteiger partial charge is 0.126 e. The molecular weight excluding hydrogens is 298 g/mol. The second kappa shape index (κ2) is 3.59. The highest BCUT2D eigenvalue weighted by Crippen LogP contribution is 2.38. The molecule has 0 aromatic heterocycles. The summed E-state index contributed by atoms with van der Waals surface area (Å²) in [6.07, 6.45) is 0.882. The predicted octanol–water partition coefficient (Wildman–Crippen LogP) is 2.99. The Morgan fingerprint density at radius 2 is 2.15 bits per heavy atom.